The number of hydrogen-bond donors (Lipinski definition) is 2. The maximum atomic E-state index is 13.4. The Balaban J connectivity index is 0.754. The number of nitrogens with one attached hydrogen (secondary N) is 2. The van der Waals surface area contributed by atoms with Crippen LogP contribution >= 0.6 is 11.6 Å². The van der Waals surface area contributed by atoms with Gasteiger partial charge in [-0.05, 0) is 92.8 Å². The number of nitriles is 1. The zero-order chi connectivity index (χ0) is 39.7. The van der Waals surface area contributed by atoms with Gasteiger partial charge in [-0.2, -0.15) is 5.26 Å². The molecule has 2 aromatic carbocycles. The number of amides is 4. The number of halogens is 1. The fourth-order valence-electron chi connectivity index (χ4n) is 8.89. The molecule has 3 aromatic rings. The number of hydrogen-bond acceptors (Lipinski definition) is 11. The lowest BCUT2D eigenvalue weighted by molar-refractivity contribution is -0.137. The van der Waals surface area contributed by atoms with Gasteiger partial charge in [-0.25, -0.2) is 0 Å². The van der Waals surface area contributed by atoms with Crippen LogP contribution in [0.15, 0.2) is 48.5 Å². The van der Waals surface area contributed by atoms with Gasteiger partial charge in [0, 0.05) is 81.5 Å². The van der Waals surface area contributed by atoms with Gasteiger partial charge < -0.3 is 24.8 Å². The van der Waals surface area contributed by atoms with Gasteiger partial charge in [0.1, 0.15) is 17.9 Å². The monoisotopic (exact) mass is 793 g/mol. The average molecular weight is 794 g/mol. The molecule has 298 valence electrons. The Labute approximate surface area is 337 Å². The molecule has 2 N–H and O–H groups in total. The molecular weight excluding hydrogens is 746 g/mol. The summed E-state index contributed by atoms with van der Waals surface area (Å²) < 4.78 is 6.12. The van der Waals surface area contributed by atoms with Crippen LogP contribution in [-0.4, -0.2) is 102 Å². The number of aromatic nitrogens is 2. The van der Waals surface area contributed by atoms with Crippen LogP contribution < -0.4 is 25.2 Å². The normalized spacial score (nSPS) is 24.5. The van der Waals surface area contributed by atoms with Gasteiger partial charge in [0.2, 0.25) is 17.7 Å². The molecule has 0 spiro atoms. The number of imide groups is 1. The summed E-state index contributed by atoms with van der Waals surface area (Å²) in [5, 5.41) is 23.7. The second kappa shape index (κ2) is 16.3. The van der Waals surface area contributed by atoms with E-state index in [0.717, 1.165) is 88.6 Å². The zero-order valence-electron chi connectivity index (χ0n) is 32.2. The molecule has 4 aliphatic heterocycles. The third-order valence-corrected chi connectivity index (χ3v) is 12.9. The molecule has 5 aliphatic rings. The minimum Gasteiger partial charge on any atom is -0.490 e. The number of rotatable bonds is 9. The van der Waals surface area contributed by atoms with Crippen molar-refractivity contribution in [2.75, 3.05) is 60.9 Å². The highest BCUT2D eigenvalue weighted by atomic mass is 35.5. The topological polar surface area (TPSA) is 164 Å². The van der Waals surface area contributed by atoms with Gasteiger partial charge in [-0.15, -0.1) is 10.2 Å². The number of piperidine rings is 2. The first-order valence-electron chi connectivity index (χ1n) is 20.1. The van der Waals surface area contributed by atoms with Crippen molar-refractivity contribution in [2.24, 2.45) is 11.3 Å². The van der Waals surface area contributed by atoms with Crippen LogP contribution in [0.5, 0.6) is 5.75 Å². The average Bonchev–Trinajstić information content (AvgIpc) is 3.54. The minimum absolute atomic E-state index is 0.0254. The lowest BCUT2D eigenvalue weighted by atomic mass is 9.74. The first-order valence-corrected chi connectivity index (χ1v) is 20.4. The van der Waals surface area contributed by atoms with E-state index >= 15 is 0 Å². The van der Waals surface area contributed by atoms with E-state index in [1.165, 1.54) is 0 Å². The van der Waals surface area contributed by atoms with E-state index in [9.17, 15) is 19.2 Å². The standard InChI is InChI=1S/C42H48ClN9O5/c1-42(14-10-31(11-15-42)57-32-5-3-28(24-44)34(43)23-32)41(56)45-36-7-8-37(48-47-36)51-16-12-27(13-17-51)25-49-18-20-50(21-19-49)30-4-2-29-26-52(40(55)33(29)22-30)35-6-9-38(53)46-39(35)54/h2-5,7-8,22-23,27,31,35H,6,9-21,25-26H2,1H3,(H,45,47,56)(H,46,53,54). The Morgan fingerprint density at radius 1 is 0.947 bits per heavy atom. The first-order chi connectivity index (χ1) is 27.5. The third-order valence-electron chi connectivity index (χ3n) is 12.5. The van der Waals surface area contributed by atoms with E-state index in [-0.39, 0.29) is 36.2 Å². The number of anilines is 3. The molecule has 8 rings (SSSR count). The first kappa shape index (κ1) is 38.6. The van der Waals surface area contributed by atoms with Crippen molar-refractivity contribution in [3.05, 3.63) is 70.2 Å². The Morgan fingerprint density at radius 2 is 1.72 bits per heavy atom. The van der Waals surface area contributed by atoms with Gasteiger partial charge in [-0.3, -0.25) is 29.4 Å². The van der Waals surface area contributed by atoms with Gasteiger partial charge in [0.25, 0.3) is 5.91 Å². The molecule has 4 amide bonds. The summed E-state index contributed by atoms with van der Waals surface area (Å²) in [4.78, 5) is 59.5. The van der Waals surface area contributed by atoms with Crippen LogP contribution in [0.2, 0.25) is 5.02 Å². The summed E-state index contributed by atoms with van der Waals surface area (Å²) in [7, 11) is 0. The quantitative estimate of drug-likeness (QED) is 0.287. The lowest BCUT2D eigenvalue weighted by Crippen LogP contribution is -2.52. The fraction of sp³-hybridized carbons (Fsp3) is 0.500. The summed E-state index contributed by atoms with van der Waals surface area (Å²) in [6.07, 6.45) is 5.53. The highest BCUT2D eigenvalue weighted by Gasteiger charge is 2.40. The maximum absolute atomic E-state index is 13.4. The SMILES string of the molecule is CC1(C(=O)Nc2ccc(N3CCC(CN4CCN(c5ccc6c(c5)C(=O)N(C5CCC(=O)NC5=O)C6)CC4)CC3)nn2)CCC(Oc2ccc(C#N)c(Cl)c2)CC1. The molecule has 15 heteroatoms. The highest BCUT2D eigenvalue weighted by Crippen LogP contribution is 2.39. The fourth-order valence-corrected chi connectivity index (χ4v) is 9.10. The number of benzene rings is 2. The third kappa shape index (κ3) is 8.41. The highest BCUT2D eigenvalue weighted by molar-refractivity contribution is 6.31. The molecule has 0 bridgehead atoms. The molecule has 14 nitrogen and oxygen atoms in total. The number of ether oxygens (including phenoxy) is 1. The molecule has 5 heterocycles. The number of piperazine rings is 1. The van der Waals surface area contributed by atoms with Crippen LogP contribution in [-0.2, 0) is 20.9 Å². The van der Waals surface area contributed by atoms with Crippen LogP contribution in [0.4, 0.5) is 17.3 Å². The molecule has 4 fully saturated rings. The molecule has 1 aliphatic carbocycles. The number of carbonyl (C=O) groups is 4. The van der Waals surface area contributed by atoms with Crippen molar-refractivity contribution < 1.29 is 23.9 Å². The molecule has 3 saturated heterocycles. The predicted molar refractivity (Wildman–Crippen MR) is 214 cm³/mol. The van der Waals surface area contributed by atoms with Crippen LogP contribution in [0.3, 0.4) is 0 Å². The molecule has 0 radical (unpaired) electrons. The van der Waals surface area contributed by atoms with E-state index in [4.69, 9.17) is 21.6 Å². The Hall–Kier alpha value is -5.26. The molecular formula is C42H48ClN9O5. The van der Waals surface area contributed by atoms with E-state index < -0.39 is 11.5 Å². The summed E-state index contributed by atoms with van der Waals surface area (Å²) in [6.45, 7) is 8.90. The summed E-state index contributed by atoms with van der Waals surface area (Å²) in [5.74, 6) is 1.62. The van der Waals surface area contributed by atoms with Crippen molar-refractivity contribution >= 4 is 52.6 Å². The van der Waals surface area contributed by atoms with Crippen molar-refractivity contribution in [1.29, 1.82) is 5.26 Å². The smallest absolute Gasteiger partial charge is 0.255 e. The molecule has 1 atom stereocenters. The summed E-state index contributed by atoms with van der Waals surface area (Å²) >= 11 is 6.17. The molecule has 1 saturated carbocycles. The second-order valence-corrected chi connectivity index (χ2v) is 16.7. The predicted octanol–water partition coefficient (Wildman–Crippen LogP) is 4.77. The van der Waals surface area contributed by atoms with Crippen molar-refractivity contribution in [1.82, 2.24) is 25.3 Å². The summed E-state index contributed by atoms with van der Waals surface area (Å²) in [5.41, 5.74) is 2.48. The van der Waals surface area contributed by atoms with Gasteiger partial charge in [0.05, 0.1) is 16.7 Å². The van der Waals surface area contributed by atoms with Gasteiger partial charge >= 0.3 is 0 Å². The van der Waals surface area contributed by atoms with Crippen LogP contribution in [0.1, 0.15) is 79.8 Å². The largest absolute Gasteiger partial charge is 0.490 e. The number of nitrogens with zero attached hydrogens (tertiary/aromatic N) is 7. The lowest BCUT2D eigenvalue weighted by Gasteiger charge is -2.39. The molecule has 1 aromatic heterocycles. The Kier molecular flexibility index (Phi) is 11.0. The van der Waals surface area contributed by atoms with E-state index in [1.54, 1.807) is 23.1 Å². The number of fused-ring (bicyclic) bond motifs is 1. The number of carbonyl (C=O) groups excluding carboxylic acids is 4. The Morgan fingerprint density at radius 3 is 2.40 bits per heavy atom. The maximum Gasteiger partial charge on any atom is 0.255 e. The van der Waals surface area contributed by atoms with Crippen LogP contribution in [0.25, 0.3) is 0 Å². The van der Waals surface area contributed by atoms with Crippen LogP contribution in [0, 0.1) is 22.7 Å². The van der Waals surface area contributed by atoms with Crippen molar-refractivity contribution in [3.8, 4) is 11.8 Å². The second-order valence-electron chi connectivity index (χ2n) is 16.3. The van der Waals surface area contributed by atoms with Crippen molar-refractivity contribution in [3.63, 3.8) is 0 Å². The van der Waals surface area contributed by atoms with Crippen molar-refractivity contribution in [2.45, 2.75) is 77.0 Å². The zero-order valence-corrected chi connectivity index (χ0v) is 33.0. The molecule has 1 unspecified atom stereocenters. The van der Waals surface area contributed by atoms with E-state index in [1.807, 2.05) is 31.2 Å². The summed E-state index contributed by atoms with van der Waals surface area (Å²) in [6, 6.07) is 16.4. The van der Waals surface area contributed by atoms with Gasteiger partial charge in [0.15, 0.2) is 11.6 Å². The minimum atomic E-state index is -0.605. The molecule has 57 heavy (non-hydrogen) atoms. The van der Waals surface area contributed by atoms with E-state index in [0.29, 0.717) is 59.4 Å². The van der Waals surface area contributed by atoms with Gasteiger partial charge in [-0.1, -0.05) is 24.6 Å². The van der Waals surface area contributed by atoms with E-state index in [2.05, 4.69) is 47.7 Å². The Bertz CT molecular complexity index is 2070.